The minimum Gasteiger partial charge on any atom is -0.497 e. The van der Waals surface area contributed by atoms with Crippen molar-refractivity contribution in [1.82, 2.24) is 14.5 Å². The topological polar surface area (TPSA) is 103 Å². The molecular weight excluding hydrogens is 476 g/mol. The van der Waals surface area contributed by atoms with Crippen molar-refractivity contribution in [2.24, 2.45) is 10.1 Å². The Hall–Kier alpha value is -3.66. The smallest absolute Gasteiger partial charge is 0.283 e. The molecule has 10 heteroatoms. The first-order chi connectivity index (χ1) is 17.4. The summed E-state index contributed by atoms with van der Waals surface area (Å²) >= 11 is 1.19. The largest absolute Gasteiger partial charge is 0.497 e. The van der Waals surface area contributed by atoms with Crippen LogP contribution in [-0.2, 0) is 9.59 Å². The number of amidine groups is 2. The average molecular weight is 505 g/mol. The molecular formula is C26H28N6O3S. The zero-order valence-electron chi connectivity index (χ0n) is 20.6. The number of carbonyl (C=O) groups is 2. The van der Waals surface area contributed by atoms with Crippen LogP contribution in [0.2, 0.25) is 0 Å². The van der Waals surface area contributed by atoms with Gasteiger partial charge in [0.1, 0.15) is 10.8 Å². The molecule has 2 amide bonds. The Bertz CT molecular complexity index is 1330. The zero-order chi connectivity index (χ0) is 25.4. The van der Waals surface area contributed by atoms with Gasteiger partial charge in [0, 0.05) is 30.2 Å². The summed E-state index contributed by atoms with van der Waals surface area (Å²) in [4.78, 5) is 31.6. The number of nitrogens with zero attached hydrogens (tertiary/aromatic N) is 5. The van der Waals surface area contributed by atoms with Crippen LogP contribution >= 0.6 is 11.8 Å². The number of likely N-dealkylation sites (tertiary alicyclic amines) is 1. The van der Waals surface area contributed by atoms with Crippen LogP contribution in [0.3, 0.4) is 0 Å². The fourth-order valence-electron chi connectivity index (χ4n) is 4.71. The van der Waals surface area contributed by atoms with Gasteiger partial charge in [0.25, 0.3) is 5.91 Å². The van der Waals surface area contributed by atoms with E-state index in [-0.39, 0.29) is 23.7 Å². The number of carbonyl (C=O) groups excluding carboxylic acids is 2. The molecule has 1 aromatic carbocycles. The number of benzene rings is 1. The number of aliphatic imine (C=N–C) groups is 1. The van der Waals surface area contributed by atoms with Crippen LogP contribution in [0.5, 0.6) is 5.75 Å². The minimum atomic E-state index is -0.480. The number of rotatable bonds is 5. The van der Waals surface area contributed by atoms with Gasteiger partial charge in [0.2, 0.25) is 11.1 Å². The van der Waals surface area contributed by atoms with Gasteiger partial charge in [-0.1, -0.05) is 0 Å². The number of hydrazone groups is 1. The zero-order valence-corrected chi connectivity index (χ0v) is 21.4. The van der Waals surface area contributed by atoms with E-state index in [4.69, 9.17) is 10.1 Å². The second kappa shape index (κ2) is 9.77. The van der Waals surface area contributed by atoms with Gasteiger partial charge in [-0.25, -0.2) is 0 Å². The van der Waals surface area contributed by atoms with Crippen molar-refractivity contribution in [3.63, 3.8) is 0 Å². The van der Waals surface area contributed by atoms with Gasteiger partial charge in [-0.05, 0) is 86.8 Å². The molecule has 0 radical (unpaired) electrons. The Labute approximate surface area is 214 Å². The predicted molar refractivity (Wildman–Crippen MR) is 142 cm³/mol. The minimum absolute atomic E-state index is 0.0287. The summed E-state index contributed by atoms with van der Waals surface area (Å²) in [6, 6.07) is 9.74. The van der Waals surface area contributed by atoms with Crippen molar-refractivity contribution >= 4 is 45.7 Å². The van der Waals surface area contributed by atoms with Crippen molar-refractivity contribution in [2.75, 3.05) is 20.2 Å². The molecule has 3 aliphatic rings. The van der Waals surface area contributed by atoms with E-state index in [1.807, 2.05) is 49.1 Å². The molecule has 5 rings (SSSR count). The molecule has 1 N–H and O–H groups in total. The van der Waals surface area contributed by atoms with Crippen LogP contribution in [0.4, 0.5) is 0 Å². The van der Waals surface area contributed by atoms with Crippen molar-refractivity contribution in [3.05, 3.63) is 52.9 Å². The third-order valence-corrected chi connectivity index (χ3v) is 7.52. The van der Waals surface area contributed by atoms with Gasteiger partial charge in [-0.3, -0.25) is 15.0 Å². The van der Waals surface area contributed by atoms with Gasteiger partial charge < -0.3 is 14.2 Å². The quantitative estimate of drug-likeness (QED) is 0.617. The molecule has 4 heterocycles. The molecule has 0 saturated carbocycles. The molecule has 0 aliphatic carbocycles. The van der Waals surface area contributed by atoms with Crippen LogP contribution in [0.1, 0.15) is 42.6 Å². The number of methoxy groups -OCH3 is 1. The van der Waals surface area contributed by atoms with Crippen molar-refractivity contribution in [1.29, 1.82) is 5.41 Å². The van der Waals surface area contributed by atoms with Crippen LogP contribution in [-0.4, -0.2) is 62.5 Å². The molecule has 1 saturated heterocycles. The normalized spacial score (nSPS) is 18.9. The lowest BCUT2D eigenvalue weighted by atomic mass is 10.1. The van der Waals surface area contributed by atoms with Gasteiger partial charge in [-0.2, -0.15) is 15.1 Å². The number of aryl methyl sites for hydroxylation is 1. The van der Waals surface area contributed by atoms with Crippen LogP contribution in [0.25, 0.3) is 11.8 Å². The van der Waals surface area contributed by atoms with Crippen molar-refractivity contribution in [2.45, 2.75) is 39.5 Å². The Balaban J connectivity index is 1.38. The Kier molecular flexibility index (Phi) is 6.53. The van der Waals surface area contributed by atoms with Gasteiger partial charge in [0.05, 0.1) is 19.1 Å². The summed E-state index contributed by atoms with van der Waals surface area (Å²) < 4.78 is 7.35. The van der Waals surface area contributed by atoms with E-state index in [1.165, 1.54) is 16.8 Å². The fraction of sp³-hybridized carbons (Fsp3) is 0.346. The molecule has 36 heavy (non-hydrogen) atoms. The van der Waals surface area contributed by atoms with Gasteiger partial charge in [0.15, 0.2) is 5.84 Å². The Morgan fingerprint density at radius 2 is 1.89 bits per heavy atom. The summed E-state index contributed by atoms with van der Waals surface area (Å²) in [5.74, 6) is 0.291. The lowest BCUT2D eigenvalue weighted by Crippen LogP contribution is -2.36. The Morgan fingerprint density at radius 1 is 1.17 bits per heavy atom. The third kappa shape index (κ3) is 4.48. The maximum absolute atomic E-state index is 12.9. The summed E-state index contributed by atoms with van der Waals surface area (Å²) in [7, 11) is 1.63. The van der Waals surface area contributed by atoms with E-state index < -0.39 is 5.91 Å². The van der Waals surface area contributed by atoms with E-state index >= 15 is 0 Å². The number of hydrogen-bond donors (Lipinski definition) is 1. The second-order valence-corrected chi connectivity index (χ2v) is 10.0. The molecule has 9 nitrogen and oxygen atoms in total. The summed E-state index contributed by atoms with van der Waals surface area (Å²) in [6.07, 6.45) is 5.06. The first-order valence-electron chi connectivity index (χ1n) is 12.0. The van der Waals surface area contributed by atoms with Gasteiger partial charge >= 0.3 is 0 Å². The molecule has 186 valence electrons. The van der Waals surface area contributed by atoms with E-state index in [0.717, 1.165) is 60.7 Å². The van der Waals surface area contributed by atoms with E-state index in [0.29, 0.717) is 10.2 Å². The maximum Gasteiger partial charge on any atom is 0.283 e. The molecule has 1 fully saturated rings. The Morgan fingerprint density at radius 3 is 2.58 bits per heavy atom. The number of fused-ring (bicyclic) bond motifs is 1. The van der Waals surface area contributed by atoms with E-state index in [1.54, 1.807) is 13.2 Å². The van der Waals surface area contributed by atoms with Crippen LogP contribution in [0, 0.1) is 19.3 Å². The highest BCUT2D eigenvalue weighted by Gasteiger charge is 2.36. The molecule has 0 bridgehead atoms. The highest BCUT2D eigenvalue weighted by Crippen LogP contribution is 2.31. The molecule has 1 aromatic heterocycles. The first kappa shape index (κ1) is 24.1. The third-order valence-electron chi connectivity index (χ3n) is 6.61. The highest BCUT2D eigenvalue weighted by molar-refractivity contribution is 8.27. The predicted octanol–water partition coefficient (Wildman–Crippen LogP) is 4.12. The van der Waals surface area contributed by atoms with E-state index in [2.05, 4.69) is 14.7 Å². The number of amides is 2. The highest BCUT2D eigenvalue weighted by atomic mass is 32.2. The SMILES string of the molecule is COc1ccc(-n2c(C)cc(/C=C3\C(=N)N4N=C(CC(=O)N5CCCCC5)SC4=NC3=O)c2C)cc1. The first-order valence-corrected chi connectivity index (χ1v) is 12.8. The molecule has 2 aromatic rings. The molecule has 0 spiro atoms. The molecule has 0 atom stereocenters. The van der Waals surface area contributed by atoms with E-state index in [9.17, 15) is 9.59 Å². The number of nitrogens with one attached hydrogen (secondary N) is 1. The summed E-state index contributed by atoms with van der Waals surface area (Å²) in [6.45, 7) is 5.52. The number of ether oxygens (including phenoxy) is 1. The lowest BCUT2D eigenvalue weighted by Gasteiger charge is -2.26. The number of piperidine rings is 1. The van der Waals surface area contributed by atoms with Crippen molar-refractivity contribution in [3.8, 4) is 11.4 Å². The second-order valence-electron chi connectivity index (χ2n) is 8.99. The lowest BCUT2D eigenvalue weighted by molar-refractivity contribution is -0.130. The molecule has 0 unspecified atom stereocenters. The molecule has 3 aliphatic heterocycles. The van der Waals surface area contributed by atoms with Crippen LogP contribution in [0.15, 0.2) is 46.0 Å². The van der Waals surface area contributed by atoms with Crippen molar-refractivity contribution < 1.29 is 14.3 Å². The average Bonchev–Trinajstić information content (AvgIpc) is 3.41. The number of hydrogen-bond acceptors (Lipinski definition) is 6. The maximum atomic E-state index is 12.9. The standard InChI is InChI=1S/C26H28N6O3S/c1-16-13-18(17(2)31(16)19-7-9-20(35-3)10-8-19)14-21-24(27)32-26(28-25(21)34)36-22(29-32)15-23(33)30-11-5-4-6-12-30/h7-10,13-14,27H,4-6,11-12,15H2,1-3H3/b21-14+,27-24?. The van der Waals surface area contributed by atoms with Gasteiger partial charge in [-0.15, -0.1) is 0 Å². The number of thioether (sulfide) groups is 1. The fourth-order valence-corrected chi connectivity index (χ4v) is 5.58. The summed E-state index contributed by atoms with van der Waals surface area (Å²) in [5.41, 5.74) is 3.90. The monoisotopic (exact) mass is 504 g/mol. The van der Waals surface area contributed by atoms with Crippen LogP contribution < -0.4 is 4.74 Å². The number of aromatic nitrogens is 1. The summed E-state index contributed by atoms with van der Waals surface area (Å²) in [5, 5.41) is 15.4.